The summed E-state index contributed by atoms with van der Waals surface area (Å²) in [5.41, 5.74) is 6.34. The van der Waals surface area contributed by atoms with Crippen molar-refractivity contribution >= 4 is 5.78 Å². The summed E-state index contributed by atoms with van der Waals surface area (Å²) in [5.74, 6) is 1.67. The second-order valence-electron chi connectivity index (χ2n) is 7.76. The molecule has 0 spiro atoms. The Bertz CT molecular complexity index is 1020. The lowest BCUT2D eigenvalue weighted by atomic mass is 9.96. The van der Waals surface area contributed by atoms with Crippen LogP contribution in [0.3, 0.4) is 0 Å². The van der Waals surface area contributed by atoms with Crippen LogP contribution in [0.4, 0.5) is 0 Å². The second-order valence-corrected chi connectivity index (χ2v) is 7.76. The Hall–Kier alpha value is -3.07. The quantitative estimate of drug-likeness (QED) is 0.324. The average molecular weight is 433 g/mol. The largest absolute Gasteiger partial charge is 0.489 e. The van der Waals surface area contributed by atoms with E-state index in [0.717, 1.165) is 34.6 Å². The van der Waals surface area contributed by atoms with E-state index in [4.69, 9.17) is 9.47 Å². The van der Waals surface area contributed by atoms with E-state index < -0.39 is 0 Å². The number of carbonyl (C=O) groups excluding carboxylic acids is 1. The minimum Gasteiger partial charge on any atom is -0.489 e. The van der Waals surface area contributed by atoms with E-state index in [1.807, 2.05) is 70.2 Å². The van der Waals surface area contributed by atoms with Crippen molar-refractivity contribution in [2.75, 3.05) is 0 Å². The summed E-state index contributed by atoms with van der Waals surface area (Å²) in [6.45, 7) is 13.1. The molecule has 170 valence electrons. The van der Waals surface area contributed by atoms with Gasteiger partial charge in [0, 0.05) is 23.6 Å². The fraction of sp³-hybridized carbons (Fsp3) is 0.345. The van der Waals surface area contributed by atoms with E-state index in [9.17, 15) is 4.79 Å². The van der Waals surface area contributed by atoms with Crippen LogP contribution in [0.5, 0.6) is 11.5 Å². The third-order valence-corrected chi connectivity index (χ3v) is 5.21. The van der Waals surface area contributed by atoms with Crippen LogP contribution in [-0.4, -0.2) is 5.78 Å². The summed E-state index contributed by atoms with van der Waals surface area (Å²) in [4.78, 5) is 12.5. The highest BCUT2D eigenvalue weighted by Crippen LogP contribution is 2.24. The molecule has 3 nitrogen and oxygen atoms in total. The zero-order valence-corrected chi connectivity index (χ0v) is 20.3. The van der Waals surface area contributed by atoms with Gasteiger partial charge in [0.15, 0.2) is 5.78 Å². The Kier molecular flexibility index (Phi) is 10.0. The maximum atomic E-state index is 12.5. The van der Waals surface area contributed by atoms with Gasteiger partial charge in [-0.3, -0.25) is 4.79 Å². The maximum absolute atomic E-state index is 12.5. The normalized spacial score (nSPS) is 10.2. The van der Waals surface area contributed by atoms with Crippen molar-refractivity contribution in [2.24, 2.45) is 0 Å². The highest BCUT2D eigenvalue weighted by molar-refractivity contribution is 5.98. The van der Waals surface area contributed by atoms with Crippen LogP contribution in [0.15, 0.2) is 60.7 Å². The van der Waals surface area contributed by atoms with Crippen LogP contribution >= 0.6 is 0 Å². The molecule has 0 amide bonds. The van der Waals surface area contributed by atoms with Crippen LogP contribution in [0.2, 0.25) is 0 Å². The summed E-state index contributed by atoms with van der Waals surface area (Å²) < 4.78 is 12.0. The summed E-state index contributed by atoms with van der Waals surface area (Å²) in [5, 5.41) is 0. The zero-order valence-electron chi connectivity index (χ0n) is 20.3. The van der Waals surface area contributed by atoms with Crippen molar-refractivity contribution < 1.29 is 14.3 Å². The number of hydrogen-bond acceptors (Lipinski definition) is 3. The van der Waals surface area contributed by atoms with E-state index in [1.165, 1.54) is 16.7 Å². The summed E-state index contributed by atoms with van der Waals surface area (Å²) in [6.07, 6.45) is 1.40. The number of carbonyl (C=O) groups is 1. The molecule has 3 aromatic rings. The van der Waals surface area contributed by atoms with Gasteiger partial charge in [0.25, 0.3) is 0 Å². The minimum atomic E-state index is 0.180. The minimum absolute atomic E-state index is 0.180. The van der Waals surface area contributed by atoms with E-state index in [2.05, 4.69) is 32.0 Å². The smallest absolute Gasteiger partial charge is 0.163 e. The number of aryl methyl sites for hydroxylation is 3. The number of ketones is 1. The highest BCUT2D eigenvalue weighted by atomic mass is 16.5. The molecule has 0 aromatic heterocycles. The highest BCUT2D eigenvalue weighted by Gasteiger charge is 2.14. The van der Waals surface area contributed by atoms with Crippen LogP contribution in [0.25, 0.3) is 0 Å². The van der Waals surface area contributed by atoms with Gasteiger partial charge in [-0.25, -0.2) is 0 Å². The lowest BCUT2D eigenvalue weighted by Gasteiger charge is -2.14. The Morgan fingerprint density at radius 2 is 1.38 bits per heavy atom. The van der Waals surface area contributed by atoms with Crippen LogP contribution in [-0.2, 0) is 13.2 Å². The van der Waals surface area contributed by atoms with Gasteiger partial charge < -0.3 is 9.47 Å². The second kappa shape index (κ2) is 12.7. The maximum Gasteiger partial charge on any atom is 0.163 e. The topological polar surface area (TPSA) is 35.5 Å². The Morgan fingerprint density at radius 1 is 0.750 bits per heavy atom. The van der Waals surface area contributed by atoms with Crippen molar-refractivity contribution in [3.8, 4) is 11.5 Å². The van der Waals surface area contributed by atoms with Gasteiger partial charge in [-0.2, -0.15) is 0 Å². The molecule has 0 heterocycles. The monoisotopic (exact) mass is 432 g/mol. The van der Waals surface area contributed by atoms with Gasteiger partial charge in [-0.05, 0) is 56.0 Å². The molecule has 0 fully saturated rings. The average Bonchev–Trinajstić information content (AvgIpc) is 2.80. The third-order valence-electron chi connectivity index (χ3n) is 5.21. The number of benzene rings is 3. The summed E-state index contributed by atoms with van der Waals surface area (Å²) in [6, 6.07) is 20.0. The molecule has 3 rings (SSSR count). The van der Waals surface area contributed by atoms with Gasteiger partial charge in [0.1, 0.15) is 24.7 Å². The molecule has 0 saturated carbocycles. The molecule has 0 radical (unpaired) electrons. The van der Waals surface area contributed by atoms with Gasteiger partial charge >= 0.3 is 0 Å². The first kappa shape index (κ1) is 25.2. The predicted octanol–water partition coefficient (Wildman–Crippen LogP) is 7.78. The van der Waals surface area contributed by atoms with Crippen molar-refractivity contribution in [3.05, 3.63) is 94.0 Å². The molecule has 0 bridgehead atoms. The molecule has 0 saturated heterocycles. The molecule has 32 heavy (non-hydrogen) atoms. The van der Waals surface area contributed by atoms with Crippen molar-refractivity contribution in [3.63, 3.8) is 0 Å². The number of hydrogen-bond donors (Lipinski definition) is 0. The van der Waals surface area contributed by atoms with Crippen molar-refractivity contribution in [1.29, 1.82) is 0 Å². The first-order valence-electron chi connectivity index (χ1n) is 11.5. The van der Waals surface area contributed by atoms with E-state index in [-0.39, 0.29) is 5.78 Å². The molecule has 0 aliphatic heterocycles. The SMILES string of the molecule is CC.CCCC(=O)c1c(C)cccc1COc1cccc(OCc2cc(C)ccc2C)c1. The Balaban J connectivity index is 0.00000176. The van der Waals surface area contributed by atoms with Gasteiger partial charge in [0.2, 0.25) is 0 Å². The summed E-state index contributed by atoms with van der Waals surface area (Å²) in [7, 11) is 0. The first-order chi connectivity index (χ1) is 15.5. The molecular formula is C29H36O3. The number of Topliss-reactive ketones (excluding diaryl/α,β-unsaturated/α-hetero) is 1. The standard InChI is InChI=1S/C27H30O3.C2H6/c1-5-8-26(28)27-21(4)9-6-10-22(27)17-29-24-11-7-12-25(16-24)30-18-23-15-19(2)13-14-20(23)3;1-2/h6-7,9-16H,5,8,17-18H2,1-4H3;1-2H3. The first-order valence-corrected chi connectivity index (χ1v) is 11.5. The fourth-order valence-corrected chi connectivity index (χ4v) is 3.53. The molecule has 3 aromatic carbocycles. The lowest BCUT2D eigenvalue weighted by molar-refractivity contribution is 0.0978. The predicted molar refractivity (Wildman–Crippen MR) is 133 cm³/mol. The molecule has 0 N–H and O–H groups in total. The van der Waals surface area contributed by atoms with Crippen LogP contribution in [0, 0.1) is 20.8 Å². The third kappa shape index (κ3) is 6.98. The van der Waals surface area contributed by atoms with Crippen LogP contribution in [0.1, 0.15) is 71.8 Å². The van der Waals surface area contributed by atoms with E-state index in [1.54, 1.807) is 0 Å². The van der Waals surface area contributed by atoms with E-state index >= 15 is 0 Å². The van der Waals surface area contributed by atoms with Crippen molar-refractivity contribution in [1.82, 2.24) is 0 Å². The number of rotatable bonds is 9. The fourth-order valence-electron chi connectivity index (χ4n) is 3.53. The Labute approximate surface area is 193 Å². The molecule has 0 atom stereocenters. The molecule has 0 aliphatic rings. The zero-order chi connectivity index (χ0) is 23.5. The van der Waals surface area contributed by atoms with E-state index in [0.29, 0.717) is 19.6 Å². The molecule has 3 heteroatoms. The number of ether oxygens (including phenoxy) is 2. The molecule has 0 unspecified atom stereocenters. The lowest BCUT2D eigenvalue weighted by Crippen LogP contribution is -2.08. The van der Waals surface area contributed by atoms with Crippen molar-refractivity contribution in [2.45, 2.75) is 67.6 Å². The van der Waals surface area contributed by atoms with Gasteiger partial charge in [-0.15, -0.1) is 0 Å². The van der Waals surface area contributed by atoms with Gasteiger partial charge in [0.05, 0.1) is 0 Å². The summed E-state index contributed by atoms with van der Waals surface area (Å²) >= 11 is 0. The Morgan fingerprint density at radius 3 is 2.03 bits per heavy atom. The van der Waals surface area contributed by atoms with Gasteiger partial charge in [-0.1, -0.05) is 68.8 Å². The molecule has 0 aliphatic carbocycles. The molecular weight excluding hydrogens is 396 g/mol. The van der Waals surface area contributed by atoms with Crippen LogP contribution < -0.4 is 9.47 Å².